The number of alkyl halides is 3. The molecule has 154 valence electrons. The van der Waals surface area contributed by atoms with E-state index in [1.54, 1.807) is 42.5 Å². The summed E-state index contributed by atoms with van der Waals surface area (Å²) < 4.78 is 44.8. The minimum Gasteiger partial charge on any atom is -0.439 e. The second kappa shape index (κ2) is 7.87. The molecule has 2 amide bonds. The van der Waals surface area contributed by atoms with Crippen molar-refractivity contribution in [2.75, 3.05) is 11.4 Å². The van der Waals surface area contributed by atoms with Crippen LogP contribution in [0.5, 0.6) is 11.6 Å². The minimum atomic E-state index is -4.46. The number of hydrogen-bond donors (Lipinski definition) is 1. The molecule has 9 heteroatoms. The normalized spacial score (nSPS) is 16.5. The SMILES string of the molecule is O=C1NCC(c2cccc(C(F)(F)F)c2)N1c1ccc(Oc2ccc(Cl)cc2)nc1. The van der Waals surface area contributed by atoms with Gasteiger partial charge in [0.2, 0.25) is 5.88 Å². The van der Waals surface area contributed by atoms with Crippen LogP contribution < -0.4 is 15.0 Å². The van der Waals surface area contributed by atoms with Gasteiger partial charge in [0.25, 0.3) is 0 Å². The van der Waals surface area contributed by atoms with Crippen molar-refractivity contribution in [3.05, 3.63) is 83.0 Å². The number of carbonyl (C=O) groups excluding carboxylic acids is 1. The first-order chi connectivity index (χ1) is 14.3. The summed E-state index contributed by atoms with van der Waals surface area (Å²) in [5.74, 6) is 0.844. The van der Waals surface area contributed by atoms with E-state index in [0.717, 1.165) is 12.1 Å². The van der Waals surface area contributed by atoms with Gasteiger partial charge in [0.05, 0.1) is 23.5 Å². The molecule has 2 heterocycles. The first-order valence-corrected chi connectivity index (χ1v) is 9.33. The van der Waals surface area contributed by atoms with Crippen LogP contribution in [0.1, 0.15) is 17.2 Å². The molecule has 1 atom stereocenters. The van der Waals surface area contributed by atoms with Crippen molar-refractivity contribution in [3.8, 4) is 11.6 Å². The summed E-state index contributed by atoms with van der Waals surface area (Å²) in [7, 11) is 0. The first kappa shape index (κ1) is 20.0. The van der Waals surface area contributed by atoms with Crippen LogP contribution in [-0.2, 0) is 6.18 Å². The zero-order valence-corrected chi connectivity index (χ0v) is 16.1. The molecule has 0 bridgehead atoms. The Labute approximate surface area is 175 Å². The largest absolute Gasteiger partial charge is 0.439 e. The number of benzene rings is 2. The van der Waals surface area contributed by atoms with Crippen molar-refractivity contribution in [1.29, 1.82) is 0 Å². The topological polar surface area (TPSA) is 54.5 Å². The maximum Gasteiger partial charge on any atom is 0.416 e. The van der Waals surface area contributed by atoms with E-state index in [0.29, 0.717) is 27.9 Å². The van der Waals surface area contributed by atoms with Crippen molar-refractivity contribution >= 4 is 23.3 Å². The van der Waals surface area contributed by atoms with Crippen LogP contribution in [-0.4, -0.2) is 17.6 Å². The molecule has 0 saturated carbocycles. The molecule has 1 N–H and O–H groups in total. The Bertz CT molecular complexity index is 1060. The third-order valence-corrected chi connectivity index (χ3v) is 4.86. The molecule has 3 aromatic rings. The number of pyridine rings is 1. The third-order valence-electron chi connectivity index (χ3n) is 4.61. The van der Waals surface area contributed by atoms with Gasteiger partial charge < -0.3 is 10.1 Å². The Morgan fingerprint density at radius 1 is 1.10 bits per heavy atom. The molecule has 1 aliphatic rings. The molecule has 1 unspecified atom stereocenters. The average Bonchev–Trinajstić information content (AvgIpc) is 3.11. The van der Waals surface area contributed by atoms with E-state index in [1.165, 1.54) is 17.2 Å². The molecule has 30 heavy (non-hydrogen) atoms. The molecule has 2 aromatic carbocycles. The van der Waals surface area contributed by atoms with Gasteiger partial charge in [-0.05, 0) is 48.0 Å². The monoisotopic (exact) mass is 433 g/mol. The Hall–Kier alpha value is -3.26. The van der Waals surface area contributed by atoms with Gasteiger partial charge in [-0.1, -0.05) is 23.7 Å². The number of hydrogen-bond acceptors (Lipinski definition) is 3. The lowest BCUT2D eigenvalue weighted by Gasteiger charge is -2.24. The molecule has 1 aromatic heterocycles. The van der Waals surface area contributed by atoms with E-state index < -0.39 is 23.8 Å². The van der Waals surface area contributed by atoms with E-state index >= 15 is 0 Å². The Morgan fingerprint density at radius 3 is 2.53 bits per heavy atom. The summed E-state index contributed by atoms with van der Waals surface area (Å²) in [6.07, 6.45) is -3.02. The highest BCUT2D eigenvalue weighted by atomic mass is 35.5. The van der Waals surface area contributed by atoms with Crippen molar-refractivity contribution in [2.24, 2.45) is 0 Å². The smallest absolute Gasteiger partial charge is 0.416 e. The van der Waals surface area contributed by atoms with Gasteiger partial charge in [-0.15, -0.1) is 0 Å². The number of rotatable bonds is 4. The summed E-state index contributed by atoms with van der Waals surface area (Å²) in [5, 5.41) is 3.24. The van der Waals surface area contributed by atoms with E-state index in [4.69, 9.17) is 16.3 Å². The van der Waals surface area contributed by atoms with Crippen LogP contribution >= 0.6 is 11.6 Å². The second-order valence-corrected chi connectivity index (χ2v) is 7.04. The number of nitrogens with zero attached hydrogens (tertiary/aromatic N) is 2. The summed E-state index contributed by atoms with van der Waals surface area (Å²) in [4.78, 5) is 18.0. The van der Waals surface area contributed by atoms with Crippen molar-refractivity contribution < 1.29 is 22.7 Å². The molecule has 1 fully saturated rings. The number of urea groups is 1. The quantitative estimate of drug-likeness (QED) is 0.564. The lowest BCUT2D eigenvalue weighted by molar-refractivity contribution is -0.137. The summed E-state index contributed by atoms with van der Waals surface area (Å²) in [6, 6.07) is 13.9. The van der Waals surface area contributed by atoms with Crippen LogP contribution in [0, 0.1) is 0 Å². The van der Waals surface area contributed by atoms with Crippen LogP contribution in [0.4, 0.5) is 23.7 Å². The zero-order chi connectivity index (χ0) is 21.3. The van der Waals surface area contributed by atoms with Crippen LogP contribution in [0.25, 0.3) is 0 Å². The first-order valence-electron chi connectivity index (χ1n) is 8.95. The lowest BCUT2D eigenvalue weighted by atomic mass is 10.0. The van der Waals surface area contributed by atoms with Crippen LogP contribution in [0.2, 0.25) is 5.02 Å². The number of amides is 2. The fraction of sp³-hybridized carbons (Fsp3) is 0.143. The fourth-order valence-corrected chi connectivity index (χ4v) is 3.31. The number of carbonyl (C=O) groups is 1. The van der Waals surface area contributed by atoms with Gasteiger partial charge in [-0.3, -0.25) is 4.90 Å². The highest BCUT2D eigenvalue weighted by molar-refractivity contribution is 6.30. The van der Waals surface area contributed by atoms with Gasteiger partial charge >= 0.3 is 12.2 Å². The maximum atomic E-state index is 13.1. The molecule has 0 spiro atoms. The predicted octanol–water partition coefficient (Wildman–Crippen LogP) is 5.82. The highest BCUT2D eigenvalue weighted by Crippen LogP contribution is 2.35. The van der Waals surface area contributed by atoms with Gasteiger partial charge in [0.1, 0.15) is 5.75 Å². The number of nitrogens with one attached hydrogen (secondary N) is 1. The molecule has 0 radical (unpaired) electrons. The van der Waals surface area contributed by atoms with Gasteiger partial charge in [-0.25, -0.2) is 9.78 Å². The van der Waals surface area contributed by atoms with Gasteiger partial charge in [-0.2, -0.15) is 13.2 Å². The summed E-state index contributed by atoms with van der Waals surface area (Å²) >= 11 is 5.84. The molecule has 5 nitrogen and oxygen atoms in total. The average molecular weight is 434 g/mol. The van der Waals surface area contributed by atoms with Gasteiger partial charge in [0.15, 0.2) is 0 Å². The van der Waals surface area contributed by atoms with Crippen LogP contribution in [0.3, 0.4) is 0 Å². The fourth-order valence-electron chi connectivity index (χ4n) is 3.19. The number of anilines is 1. The Kier molecular flexibility index (Phi) is 5.26. The summed E-state index contributed by atoms with van der Waals surface area (Å²) in [5.41, 5.74) is 0.0599. The lowest BCUT2D eigenvalue weighted by Crippen LogP contribution is -2.29. The molecular weight excluding hydrogens is 419 g/mol. The zero-order valence-electron chi connectivity index (χ0n) is 15.4. The highest BCUT2D eigenvalue weighted by Gasteiger charge is 2.36. The standard InChI is InChI=1S/C21H15ClF3N3O2/c22-15-4-7-17(8-5-15)30-19-9-6-16(11-26-19)28-18(12-27-20(28)29)13-2-1-3-14(10-13)21(23,24)25/h1-11,18H,12H2,(H,27,29). The molecule has 1 aliphatic heterocycles. The van der Waals surface area contributed by atoms with Crippen LogP contribution in [0.15, 0.2) is 66.9 Å². The predicted molar refractivity (Wildman–Crippen MR) is 106 cm³/mol. The van der Waals surface area contributed by atoms with Crippen molar-refractivity contribution in [2.45, 2.75) is 12.2 Å². The number of aromatic nitrogens is 1. The van der Waals surface area contributed by atoms with E-state index in [2.05, 4.69) is 10.3 Å². The number of halogens is 4. The maximum absolute atomic E-state index is 13.1. The van der Waals surface area contributed by atoms with Crippen molar-refractivity contribution in [3.63, 3.8) is 0 Å². The Balaban J connectivity index is 1.57. The summed E-state index contributed by atoms with van der Waals surface area (Å²) in [6.45, 7) is 0.184. The minimum absolute atomic E-state index is 0.184. The van der Waals surface area contributed by atoms with Gasteiger partial charge in [0, 0.05) is 17.6 Å². The van der Waals surface area contributed by atoms with E-state index in [1.807, 2.05) is 0 Å². The third kappa shape index (κ3) is 4.18. The molecular formula is C21H15ClF3N3O2. The van der Waals surface area contributed by atoms with E-state index in [9.17, 15) is 18.0 Å². The number of ether oxygens (including phenoxy) is 1. The van der Waals surface area contributed by atoms with Crippen molar-refractivity contribution in [1.82, 2.24) is 10.3 Å². The van der Waals surface area contributed by atoms with E-state index in [-0.39, 0.29) is 6.54 Å². The molecule has 1 saturated heterocycles. The molecule has 0 aliphatic carbocycles. The second-order valence-electron chi connectivity index (χ2n) is 6.61. The Morgan fingerprint density at radius 2 is 1.87 bits per heavy atom. The molecule has 4 rings (SSSR count).